The topological polar surface area (TPSA) is 58.4 Å². The molecular weight excluding hydrogens is 254 g/mol. The van der Waals surface area contributed by atoms with E-state index in [1.807, 2.05) is 6.07 Å². The van der Waals surface area contributed by atoms with Crippen LogP contribution < -0.4 is 5.32 Å². The summed E-state index contributed by atoms with van der Waals surface area (Å²) < 4.78 is 0. The van der Waals surface area contributed by atoms with Crippen LogP contribution in [0, 0.1) is 10.1 Å². The van der Waals surface area contributed by atoms with Crippen LogP contribution in [0.4, 0.5) is 5.69 Å². The van der Waals surface area contributed by atoms with E-state index in [9.17, 15) is 10.1 Å². The van der Waals surface area contributed by atoms with Gasteiger partial charge in [0.05, 0.1) is 4.92 Å². The van der Waals surface area contributed by atoms with E-state index in [1.165, 1.54) is 6.07 Å². The molecule has 0 heterocycles. The number of hydrogen-bond acceptors (Lipinski definition) is 4. The number of non-ortho nitro benzene ring substituents is 1. The number of rotatable bonds is 9. The molecule has 1 unspecified atom stereocenters. The molecule has 0 aliphatic carbocycles. The van der Waals surface area contributed by atoms with E-state index in [4.69, 9.17) is 0 Å². The van der Waals surface area contributed by atoms with Crippen molar-refractivity contribution in [3.05, 3.63) is 39.9 Å². The highest BCUT2D eigenvalue weighted by atomic mass is 16.6. The fourth-order valence-corrected chi connectivity index (χ4v) is 2.12. The molecule has 5 nitrogen and oxygen atoms in total. The van der Waals surface area contributed by atoms with Crippen LogP contribution in [0.3, 0.4) is 0 Å². The van der Waals surface area contributed by atoms with Crippen molar-refractivity contribution >= 4 is 5.69 Å². The number of nitro benzene ring substituents is 1. The van der Waals surface area contributed by atoms with Crippen LogP contribution in [-0.4, -0.2) is 36.5 Å². The third-order valence-electron chi connectivity index (χ3n) is 3.48. The monoisotopic (exact) mass is 279 g/mol. The summed E-state index contributed by atoms with van der Waals surface area (Å²) in [6.07, 6.45) is 2.03. The van der Waals surface area contributed by atoms with Gasteiger partial charge in [0.15, 0.2) is 0 Å². The lowest BCUT2D eigenvalue weighted by Gasteiger charge is -2.21. The molecule has 1 atom stereocenters. The van der Waals surface area contributed by atoms with E-state index in [2.05, 4.69) is 31.1 Å². The Bertz CT molecular complexity index is 423. The Labute approximate surface area is 121 Å². The minimum absolute atomic E-state index is 0.163. The lowest BCUT2D eigenvalue weighted by atomic mass is 10.0. The van der Waals surface area contributed by atoms with Gasteiger partial charge in [0.1, 0.15) is 0 Å². The molecule has 1 aromatic rings. The van der Waals surface area contributed by atoms with Gasteiger partial charge in [0.2, 0.25) is 0 Å². The molecule has 1 rings (SSSR count). The molecule has 0 amide bonds. The van der Waals surface area contributed by atoms with Crippen LogP contribution in [0.5, 0.6) is 0 Å². The van der Waals surface area contributed by atoms with Gasteiger partial charge in [-0.2, -0.15) is 0 Å². The minimum Gasteiger partial charge on any atom is -0.309 e. The highest BCUT2D eigenvalue weighted by Crippen LogP contribution is 2.22. The number of nitrogens with zero attached hydrogens (tertiary/aromatic N) is 2. The largest absolute Gasteiger partial charge is 0.309 e. The molecule has 0 saturated carbocycles. The third kappa shape index (κ3) is 5.27. The first-order valence-corrected chi connectivity index (χ1v) is 7.24. The van der Waals surface area contributed by atoms with Crippen molar-refractivity contribution in [3.63, 3.8) is 0 Å². The van der Waals surface area contributed by atoms with Gasteiger partial charge in [0, 0.05) is 31.3 Å². The van der Waals surface area contributed by atoms with Crippen LogP contribution in [0.15, 0.2) is 24.3 Å². The maximum Gasteiger partial charge on any atom is 0.269 e. The van der Waals surface area contributed by atoms with Crippen molar-refractivity contribution in [2.75, 3.05) is 26.7 Å². The fourth-order valence-electron chi connectivity index (χ4n) is 2.12. The Morgan fingerprint density at radius 3 is 2.75 bits per heavy atom. The summed E-state index contributed by atoms with van der Waals surface area (Å²) in [6.45, 7) is 7.15. The zero-order valence-corrected chi connectivity index (χ0v) is 12.6. The number of nitro groups is 1. The zero-order valence-electron chi connectivity index (χ0n) is 12.6. The summed E-state index contributed by atoms with van der Waals surface area (Å²) in [5, 5.41) is 14.4. The standard InChI is InChI=1S/C15H25N3O2/c1-4-7-15(16-10-11-17(3)5-2)13-8-6-9-14(12-13)18(19)20/h6,8-9,12,15-16H,4-5,7,10-11H2,1-3H3. The molecular formula is C15H25N3O2. The average Bonchev–Trinajstić information content (AvgIpc) is 2.46. The number of nitrogens with one attached hydrogen (secondary N) is 1. The normalized spacial score (nSPS) is 12.6. The Morgan fingerprint density at radius 2 is 2.15 bits per heavy atom. The highest BCUT2D eigenvalue weighted by molar-refractivity contribution is 5.35. The van der Waals surface area contributed by atoms with Gasteiger partial charge < -0.3 is 10.2 Å². The van der Waals surface area contributed by atoms with E-state index in [0.29, 0.717) is 0 Å². The van der Waals surface area contributed by atoms with E-state index < -0.39 is 0 Å². The first kappa shape index (κ1) is 16.6. The van der Waals surface area contributed by atoms with Gasteiger partial charge >= 0.3 is 0 Å². The van der Waals surface area contributed by atoms with Crippen molar-refractivity contribution in [2.45, 2.75) is 32.7 Å². The maximum atomic E-state index is 10.9. The van der Waals surface area contributed by atoms with E-state index >= 15 is 0 Å². The van der Waals surface area contributed by atoms with E-state index in [1.54, 1.807) is 12.1 Å². The molecule has 0 aromatic heterocycles. The number of benzene rings is 1. The SMILES string of the molecule is CCCC(NCCN(C)CC)c1cccc([N+](=O)[O-])c1. The first-order chi connectivity index (χ1) is 9.58. The Morgan fingerprint density at radius 1 is 1.40 bits per heavy atom. The molecule has 0 aliphatic rings. The third-order valence-corrected chi connectivity index (χ3v) is 3.48. The summed E-state index contributed by atoms with van der Waals surface area (Å²) in [5.41, 5.74) is 1.16. The lowest BCUT2D eigenvalue weighted by Crippen LogP contribution is -2.31. The van der Waals surface area contributed by atoms with E-state index in [-0.39, 0.29) is 16.7 Å². The molecule has 20 heavy (non-hydrogen) atoms. The molecule has 0 spiro atoms. The molecule has 112 valence electrons. The van der Waals surface area contributed by atoms with Gasteiger partial charge in [-0.05, 0) is 25.6 Å². The Hall–Kier alpha value is -1.46. The number of hydrogen-bond donors (Lipinski definition) is 1. The molecule has 1 aromatic carbocycles. The molecule has 0 aliphatic heterocycles. The van der Waals surface area contributed by atoms with Crippen molar-refractivity contribution in [3.8, 4) is 0 Å². The van der Waals surface area contributed by atoms with Gasteiger partial charge in [-0.3, -0.25) is 10.1 Å². The fraction of sp³-hybridized carbons (Fsp3) is 0.600. The zero-order chi connectivity index (χ0) is 15.0. The molecule has 0 bridgehead atoms. The minimum atomic E-state index is -0.336. The molecule has 0 fully saturated rings. The second kappa shape index (κ2) is 8.66. The lowest BCUT2D eigenvalue weighted by molar-refractivity contribution is -0.384. The molecule has 5 heteroatoms. The second-order valence-corrected chi connectivity index (χ2v) is 5.04. The van der Waals surface area contributed by atoms with E-state index in [0.717, 1.165) is 38.0 Å². The van der Waals surface area contributed by atoms with Crippen molar-refractivity contribution in [2.24, 2.45) is 0 Å². The first-order valence-electron chi connectivity index (χ1n) is 7.24. The van der Waals surface area contributed by atoms with Gasteiger partial charge in [-0.15, -0.1) is 0 Å². The molecule has 0 radical (unpaired) electrons. The maximum absolute atomic E-state index is 10.9. The summed E-state index contributed by atoms with van der Waals surface area (Å²) in [5.74, 6) is 0. The summed E-state index contributed by atoms with van der Waals surface area (Å²) in [6, 6.07) is 7.12. The predicted molar refractivity (Wildman–Crippen MR) is 81.9 cm³/mol. The summed E-state index contributed by atoms with van der Waals surface area (Å²) in [7, 11) is 2.09. The van der Waals surface area contributed by atoms with Crippen LogP contribution >= 0.6 is 0 Å². The van der Waals surface area contributed by atoms with Crippen molar-refractivity contribution in [1.29, 1.82) is 0 Å². The Balaban J connectivity index is 2.69. The summed E-state index contributed by atoms with van der Waals surface area (Å²) >= 11 is 0. The van der Waals surface area contributed by atoms with Gasteiger partial charge in [-0.1, -0.05) is 32.4 Å². The quantitative estimate of drug-likeness (QED) is 0.557. The Kier molecular flexibility index (Phi) is 7.18. The van der Waals surface area contributed by atoms with Crippen molar-refractivity contribution < 1.29 is 4.92 Å². The average molecular weight is 279 g/mol. The highest BCUT2D eigenvalue weighted by Gasteiger charge is 2.13. The molecule has 0 saturated heterocycles. The van der Waals surface area contributed by atoms with Crippen LogP contribution in [0.2, 0.25) is 0 Å². The van der Waals surface area contributed by atoms with Crippen molar-refractivity contribution in [1.82, 2.24) is 10.2 Å². The summed E-state index contributed by atoms with van der Waals surface area (Å²) in [4.78, 5) is 12.8. The van der Waals surface area contributed by atoms with Crippen LogP contribution in [0.25, 0.3) is 0 Å². The molecule has 1 N–H and O–H groups in total. The van der Waals surface area contributed by atoms with Crippen LogP contribution in [-0.2, 0) is 0 Å². The second-order valence-electron chi connectivity index (χ2n) is 5.04. The van der Waals surface area contributed by atoms with Crippen LogP contribution in [0.1, 0.15) is 38.3 Å². The predicted octanol–water partition coefficient (Wildman–Crippen LogP) is 2.98. The van der Waals surface area contributed by atoms with Gasteiger partial charge in [-0.25, -0.2) is 0 Å². The van der Waals surface area contributed by atoms with Gasteiger partial charge in [0.25, 0.3) is 5.69 Å². The number of likely N-dealkylation sites (N-methyl/N-ethyl adjacent to an activating group) is 1. The smallest absolute Gasteiger partial charge is 0.269 e.